The Labute approximate surface area is 110 Å². The van der Waals surface area contributed by atoms with Gasteiger partial charge in [-0.25, -0.2) is 0 Å². The van der Waals surface area contributed by atoms with Gasteiger partial charge in [0.05, 0.1) is 6.61 Å². The highest BCUT2D eigenvalue weighted by atomic mass is 16.3. The van der Waals surface area contributed by atoms with Crippen LogP contribution in [0.15, 0.2) is 24.3 Å². The molecule has 3 heteroatoms. The fraction of sp³-hybridized carbons (Fsp3) is 0.600. The fourth-order valence-electron chi connectivity index (χ4n) is 2.03. The number of likely N-dealkylation sites (N-methyl/N-ethyl adjacent to an activating group) is 1. The van der Waals surface area contributed by atoms with Crippen LogP contribution in [0.25, 0.3) is 0 Å². The molecule has 0 amide bonds. The first-order valence-corrected chi connectivity index (χ1v) is 6.59. The number of nitrogens with zero attached hydrogens (tertiary/aromatic N) is 1. The lowest BCUT2D eigenvalue weighted by Gasteiger charge is -2.26. The van der Waals surface area contributed by atoms with Crippen molar-refractivity contribution in [1.82, 2.24) is 4.90 Å². The van der Waals surface area contributed by atoms with Crippen LogP contribution < -0.4 is 0 Å². The Bertz CT molecular complexity index is 335. The van der Waals surface area contributed by atoms with E-state index in [0.717, 1.165) is 6.54 Å². The minimum atomic E-state index is 0.0276. The van der Waals surface area contributed by atoms with Gasteiger partial charge in [-0.05, 0) is 30.5 Å². The van der Waals surface area contributed by atoms with Crippen molar-refractivity contribution in [1.29, 1.82) is 0 Å². The topological polar surface area (TPSA) is 43.7 Å². The SMILES string of the molecule is CC(C)c1ccc(CN(C)C(CO)CCO)cc1. The quantitative estimate of drug-likeness (QED) is 0.779. The largest absolute Gasteiger partial charge is 0.396 e. The van der Waals surface area contributed by atoms with Crippen LogP contribution in [0, 0.1) is 0 Å². The Morgan fingerprint density at radius 1 is 1.11 bits per heavy atom. The maximum atomic E-state index is 9.27. The predicted molar refractivity (Wildman–Crippen MR) is 74.6 cm³/mol. The standard InChI is InChI=1S/C15H25NO2/c1-12(2)14-6-4-13(5-7-14)10-16(3)15(11-18)8-9-17/h4-7,12,15,17-18H,8-11H2,1-3H3. The number of aliphatic hydroxyl groups is 2. The van der Waals surface area contributed by atoms with Crippen LogP contribution in [-0.2, 0) is 6.54 Å². The average molecular weight is 251 g/mol. The van der Waals surface area contributed by atoms with E-state index in [1.165, 1.54) is 11.1 Å². The molecule has 1 atom stereocenters. The molecule has 0 heterocycles. The third-order valence-electron chi connectivity index (χ3n) is 3.37. The molecule has 102 valence electrons. The zero-order valence-electron chi connectivity index (χ0n) is 11.6. The minimum absolute atomic E-state index is 0.0276. The molecule has 0 saturated carbocycles. The Balaban J connectivity index is 2.60. The van der Waals surface area contributed by atoms with Gasteiger partial charge in [-0.1, -0.05) is 38.1 Å². The molecule has 0 fully saturated rings. The zero-order chi connectivity index (χ0) is 13.5. The summed E-state index contributed by atoms with van der Waals surface area (Å²) in [6.45, 7) is 5.36. The van der Waals surface area contributed by atoms with E-state index in [4.69, 9.17) is 5.11 Å². The van der Waals surface area contributed by atoms with Gasteiger partial charge in [-0.15, -0.1) is 0 Å². The molecule has 1 aromatic carbocycles. The van der Waals surface area contributed by atoms with Crippen molar-refractivity contribution in [3.8, 4) is 0 Å². The van der Waals surface area contributed by atoms with E-state index >= 15 is 0 Å². The summed E-state index contributed by atoms with van der Waals surface area (Å²) in [6.07, 6.45) is 0.608. The van der Waals surface area contributed by atoms with Crippen LogP contribution in [0.2, 0.25) is 0 Å². The van der Waals surface area contributed by atoms with Crippen LogP contribution in [0.3, 0.4) is 0 Å². The highest BCUT2D eigenvalue weighted by Crippen LogP contribution is 2.16. The Kier molecular flexibility index (Phi) is 6.33. The minimum Gasteiger partial charge on any atom is -0.396 e. The second kappa shape index (κ2) is 7.52. The van der Waals surface area contributed by atoms with Crippen LogP contribution in [-0.4, -0.2) is 41.4 Å². The molecule has 0 aliphatic heterocycles. The van der Waals surface area contributed by atoms with Crippen LogP contribution in [0.1, 0.15) is 37.3 Å². The average Bonchev–Trinajstić information content (AvgIpc) is 2.36. The Hall–Kier alpha value is -0.900. The van der Waals surface area contributed by atoms with E-state index in [0.29, 0.717) is 12.3 Å². The summed E-state index contributed by atoms with van der Waals surface area (Å²) in [6, 6.07) is 8.62. The maximum absolute atomic E-state index is 9.27. The number of hydrogen-bond acceptors (Lipinski definition) is 3. The van der Waals surface area contributed by atoms with Gasteiger partial charge in [0.1, 0.15) is 0 Å². The van der Waals surface area contributed by atoms with Crippen LogP contribution >= 0.6 is 0 Å². The van der Waals surface area contributed by atoms with Gasteiger partial charge >= 0.3 is 0 Å². The van der Waals surface area contributed by atoms with E-state index < -0.39 is 0 Å². The van der Waals surface area contributed by atoms with E-state index in [9.17, 15) is 5.11 Å². The first-order valence-electron chi connectivity index (χ1n) is 6.59. The molecule has 0 spiro atoms. The lowest BCUT2D eigenvalue weighted by Crippen LogP contribution is -2.35. The van der Waals surface area contributed by atoms with E-state index in [1.807, 2.05) is 7.05 Å². The van der Waals surface area contributed by atoms with Crippen LogP contribution in [0.4, 0.5) is 0 Å². The lowest BCUT2D eigenvalue weighted by atomic mass is 10.0. The first-order chi connectivity index (χ1) is 8.58. The predicted octanol–water partition coefficient (Wildman–Crippen LogP) is 1.99. The molecule has 0 aromatic heterocycles. The van der Waals surface area contributed by atoms with Crippen molar-refractivity contribution in [2.24, 2.45) is 0 Å². The molecule has 18 heavy (non-hydrogen) atoms. The molecule has 0 aliphatic rings. The summed E-state index contributed by atoms with van der Waals surface area (Å²) in [5.74, 6) is 0.552. The van der Waals surface area contributed by atoms with Gasteiger partial charge in [0.2, 0.25) is 0 Å². The second-order valence-corrected chi connectivity index (χ2v) is 5.16. The molecule has 2 N–H and O–H groups in total. The summed E-state index contributed by atoms with van der Waals surface area (Å²) in [5.41, 5.74) is 2.58. The number of benzene rings is 1. The molecule has 0 bridgehead atoms. The molecule has 0 radical (unpaired) electrons. The Morgan fingerprint density at radius 3 is 2.17 bits per heavy atom. The number of hydrogen-bond donors (Lipinski definition) is 2. The van der Waals surface area contributed by atoms with Crippen molar-refractivity contribution >= 4 is 0 Å². The normalized spacial score (nSPS) is 13.3. The molecule has 1 unspecified atom stereocenters. The highest BCUT2D eigenvalue weighted by Gasteiger charge is 2.13. The highest BCUT2D eigenvalue weighted by molar-refractivity contribution is 5.24. The molecular formula is C15H25NO2. The maximum Gasteiger partial charge on any atom is 0.0587 e. The lowest BCUT2D eigenvalue weighted by molar-refractivity contribution is 0.115. The van der Waals surface area contributed by atoms with Crippen molar-refractivity contribution < 1.29 is 10.2 Å². The smallest absolute Gasteiger partial charge is 0.0587 e. The molecule has 1 rings (SSSR count). The third kappa shape index (κ3) is 4.41. The molecule has 1 aromatic rings. The fourth-order valence-corrected chi connectivity index (χ4v) is 2.03. The van der Waals surface area contributed by atoms with Crippen molar-refractivity contribution in [3.63, 3.8) is 0 Å². The summed E-state index contributed by atoms with van der Waals surface area (Å²) in [7, 11) is 1.98. The third-order valence-corrected chi connectivity index (χ3v) is 3.37. The molecular weight excluding hydrogens is 226 g/mol. The first kappa shape index (κ1) is 15.2. The monoisotopic (exact) mass is 251 g/mol. The zero-order valence-corrected chi connectivity index (χ0v) is 11.6. The Morgan fingerprint density at radius 2 is 1.72 bits per heavy atom. The molecule has 0 aliphatic carbocycles. The van der Waals surface area contributed by atoms with Crippen molar-refractivity contribution in [3.05, 3.63) is 35.4 Å². The molecule has 3 nitrogen and oxygen atoms in total. The van der Waals surface area contributed by atoms with Gasteiger partial charge in [0.15, 0.2) is 0 Å². The second-order valence-electron chi connectivity index (χ2n) is 5.16. The van der Waals surface area contributed by atoms with E-state index in [-0.39, 0.29) is 19.3 Å². The van der Waals surface area contributed by atoms with Gasteiger partial charge in [0.25, 0.3) is 0 Å². The van der Waals surface area contributed by atoms with Gasteiger partial charge in [-0.2, -0.15) is 0 Å². The number of aliphatic hydroxyl groups excluding tert-OH is 2. The van der Waals surface area contributed by atoms with E-state index in [1.54, 1.807) is 0 Å². The summed E-state index contributed by atoms with van der Waals surface area (Å²) in [4.78, 5) is 2.08. The van der Waals surface area contributed by atoms with Crippen molar-refractivity contribution in [2.45, 2.75) is 38.8 Å². The number of rotatable bonds is 7. The van der Waals surface area contributed by atoms with Gasteiger partial charge in [0, 0.05) is 19.2 Å². The van der Waals surface area contributed by atoms with Gasteiger partial charge < -0.3 is 10.2 Å². The summed E-state index contributed by atoms with van der Waals surface area (Å²) >= 11 is 0. The molecule has 0 saturated heterocycles. The van der Waals surface area contributed by atoms with Crippen molar-refractivity contribution in [2.75, 3.05) is 20.3 Å². The van der Waals surface area contributed by atoms with E-state index in [2.05, 4.69) is 43.0 Å². The van der Waals surface area contributed by atoms with Crippen LogP contribution in [0.5, 0.6) is 0 Å². The van der Waals surface area contributed by atoms with Gasteiger partial charge in [-0.3, -0.25) is 4.90 Å². The summed E-state index contributed by atoms with van der Waals surface area (Å²) < 4.78 is 0. The summed E-state index contributed by atoms with van der Waals surface area (Å²) in [5, 5.41) is 18.2.